The van der Waals surface area contributed by atoms with Gasteiger partial charge in [0, 0.05) is 6.07 Å². The molecule has 1 aromatic rings. The molecule has 1 nitrogen and oxygen atoms in total. The van der Waals surface area contributed by atoms with Crippen LogP contribution in [0.15, 0.2) is 18.2 Å². The fraction of sp³-hybridized carbons (Fsp3) is 0.571. The highest BCUT2D eigenvalue weighted by Crippen LogP contribution is 2.60. The minimum absolute atomic E-state index is 0.0911. The van der Waals surface area contributed by atoms with Crippen molar-refractivity contribution in [1.29, 1.82) is 0 Å². The van der Waals surface area contributed by atoms with Gasteiger partial charge in [-0.25, -0.2) is 8.78 Å². The first kappa shape index (κ1) is 11.1. The lowest BCUT2D eigenvalue weighted by Crippen LogP contribution is -2.31. The van der Waals surface area contributed by atoms with Crippen LogP contribution in [0.4, 0.5) is 8.78 Å². The zero-order valence-corrected chi connectivity index (χ0v) is 9.76. The van der Waals surface area contributed by atoms with Gasteiger partial charge in [0.05, 0.1) is 0 Å². The summed E-state index contributed by atoms with van der Waals surface area (Å²) in [4.78, 5) is 0. The standard InChI is InChI=1S/C14H17F2N/c15-12-1-9(2-13(16)4-12)5-14(8-17)6-10-3-11(10)7-14/h1-2,4,10-11H,3,5-8,17H2. The Kier molecular flexibility index (Phi) is 2.47. The number of fused-ring (bicyclic) bond motifs is 1. The van der Waals surface area contributed by atoms with E-state index in [4.69, 9.17) is 5.73 Å². The second-order valence-corrected chi connectivity index (χ2v) is 5.82. The van der Waals surface area contributed by atoms with Crippen LogP contribution in [0.2, 0.25) is 0 Å². The Balaban J connectivity index is 1.80. The van der Waals surface area contributed by atoms with Gasteiger partial charge in [0.2, 0.25) is 0 Å². The molecule has 17 heavy (non-hydrogen) atoms. The van der Waals surface area contributed by atoms with Gasteiger partial charge in [-0.1, -0.05) is 0 Å². The summed E-state index contributed by atoms with van der Waals surface area (Å²) in [5.74, 6) is 0.680. The molecule has 2 fully saturated rings. The van der Waals surface area contributed by atoms with Crippen LogP contribution < -0.4 is 5.73 Å². The summed E-state index contributed by atoms with van der Waals surface area (Å²) < 4.78 is 26.3. The van der Waals surface area contributed by atoms with E-state index in [1.165, 1.54) is 18.6 Å². The summed E-state index contributed by atoms with van der Waals surface area (Å²) in [5.41, 5.74) is 6.72. The number of benzene rings is 1. The van der Waals surface area contributed by atoms with Gasteiger partial charge in [0.15, 0.2) is 0 Å². The maximum atomic E-state index is 13.1. The Morgan fingerprint density at radius 3 is 2.24 bits per heavy atom. The van der Waals surface area contributed by atoms with Gasteiger partial charge in [-0.05, 0) is 67.2 Å². The van der Waals surface area contributed by atoms with Gasteiger partial charge in [0.1, 0.15) is 11.6 Å². The van der Waals surface area contributed by atoms with Crippen LogP contribution in [0.1, 0.15) is 24.8 Å². The van der Waals surface area contributed by atoms with E-state index in [9.17, 15) is 8.78 Å². The first-order chi connectivity index (χ1) is 8.10. The number of rotatable bonds is 3. The van der Waals surface area contributed by atoms with Crippen molar-refractivity contribution in [2.24, 2.45) is 23.0 Å². The van der Waals surface area contributed by atoms with Crippen LogP contribution in [-0.2, 0) is 6.42 Å². The summed E-state index contributed by atoms with van der Waals surface area (Å²) in [6.07, 6.45) is 4.31. The van der Waals surface area contributed by atoms with Gasteiger partial charge in [-0.3, -0.25) is 0 Å². The van der Waals surface area contributed by atoms with Crippen LogP contribution >= 0.6 is 0 Å². The number of hydrogen-bond donors (Lipinski definition) is 1. The average molecular weight is 237 g/mol. The molecule has 2 saturated carbocycles. The largest absolute Gasteiger partial charge is 0.330 e. The lowest BCUT2D eigenvalue weighted by molar-refractivity contribution is 0.272. The number of hydrogen-bond acceptors (Lipinski definition) is 1. The summed E-state index contributed by atoms with van der Waals surface area (Å²) in [6.45, 7) is 0.623. The van der Waals surface area contributed by atoms with Gasteiger partial charge in [-0.15, -0.1) is 0 Å². The minimum Gasteiger partial charge on any atom is -0.330 e. The van der Waals surface area contributed by atoms with Crippen LogP contribution in [0.25, 0.3) is 0 Å². The minimum atomic E-state index is -0.490. The Morgan fingerprint density at radius 1 is 1.12 bits per heavy atom. The molecule has 0 spiro atoms. The van der Waals surface area contributed by atoms with E-state index < -0.39 is 11.6 Å². The molecule has 0 amide bonds. The second-order valence-electron chi connectivity index (χ2n) is 5.82. The summed E-state index contributed by atoms with van der Waals surface area (Å²) >= 11 is 0. The fourth-order valence-corrected chi connectivity index (χ4v) is 3.54. The van der Waals surface area contributed by atoms with E-state index in [0.29, 0.717) is 13.0 Å². The highest BCUT2D eigenvalue weighted by molar-refractivity contribution is 5.21. The van der Waals surface area contributed by atoms with E-state index in [1.54, 1.807) is 0 Å². The predicted octanol–water partition coefficient (Wildman–Crippen LogP) is 2.88. The quantitative estimate of drug-likeness (QED) is 0.859. The topological polar surface area (TPSA) is 26.0 Å². The lowest BCUT2D eigenvalue weighted by Gasteiger charge is -2.29. The molecule has 1 aromatic carbocycles. The first-order valence-electron chi connectivity index (χ1n) is 6.25. The summed E-state index contributed by atoms with van der Waals surface area (Å²) in [6, 6.07) is 3.79. The second kappa shape index (κ2) is 3.77. The molecule has 0 bridgehead atoms. The van der Waals surface area contributed by atoms with Gasteiger partial charge < -0.3 is 5.73 Å². The third-order valence-corrected chi connectivity index (χ3v) is 4.39. The molecule has 0 saturated heterocycles. The molecule has 2 aliphatic rings. The predicted molar refractivity (Wildman–Crippen MR) is 62.4 cm³/mol. The third kappa shape index (κ3) is 2.08. The first-order valence-corrected chi connectivity index (χ1v) is 6.25. The van der Waals surface area contributed by atoms with Crippen LogP contribution in [0.3, 0.4) is 0 Å². The molecule has 2 atom stereocenters. The lowest BCUT2D eigenvalue weighted by atomic mass is 9.77. The molecule has 92 valence electrons. The molecular formula is C14H17F2N. The Morgan fingerprint density at radius 2 is 1.71 bits per heavy atom. The SMILES string of the molecule is NCC1(Cc2cc(F)cc(F)c2)CC2CC2C1. The maximum Gasteiger partial charge on any atom is 0.126 e. The third-order valence-electron chi connectivity index (χ3n) is 4.39. The van der Waals surface area contributed by atoms with E-state index in [0.717, 1.165) is 36.3 Å². The molecule has 0 heterocycles. The van der Waals surface area contributed by atoms with E-state index in [-0.39, 0.29) is 5.41 Å². The van der Waals surface area contributed by atoms with Crippen LogP contribution in [0, 0.1) is 28.9 Å². The molecule has 2 unspecified atom stereocenters. The van der Waals surface area contributed by atoms with Gasteiger partial charge >= 0.3 is 0 Å². The highest BCUT2D eigenvalue weighted by atomic mass is 19.1. The Hall–Kier alpha value is -0.960. The van der Waals surface area contributed by atoms with Crippen LogP contribution in [0.5, 0.6) is 0 Å². The van der Waals surface area contributed by atoms with Crippen molar-refractivity contribution in [1.82, 2.24) is 0 Å². The van der Waals surface area contributed by atoms with E-state index in [2.05, 4.69) is 0 Å². The smallest absolute Gasteiger partial charge is 0.126 e. The van der Waals surface area contributed by atoms with Crippen molar-refractivity contribution in [3.63, 3.8) is 0 Å². The van der Waals surface area contributed by atoms with Crippen molar-refractivity contribution in [2.45, 2.75) is 25.7 Å². The van der Waals surface area contributed by atoms with Crippen molar-refractivity contribution < 1.29 is 8.78 Å². The Labute approximate surface area is 100 Å². The summed E-state index contributed by atoms with van der Waals surface area (Å²) in [7, 11) is 0. The number of nitrogens with two attached hydrogens (primary N) is 1. The molecule has 0 aromatic heterocycles. The molecule has 0 aliphatic heterocycles. The van der Waals surface area contributed by atoms with Gasteiger partial charge in [0.25, 0.3) is 0 Å². The average Bonchev–Trinajstić information content (AvgIpc) is 2.85. The fourth-order valence-electron chi connectivity index (χ4n) is 3.54. The molecule has 2 N–H and O–H groups in total. The Bertz CT molecular complexity index is 414. The van der Waals surface area contributed by atoms with Crippen LogP contribution in [-0.4, -0.2) is 6.54 Å². The molecule has 3 rings (SSSR count). The van der Waals surface area contributed by atoms with Crippen molar-refractivity contribution in [3.8, 4) is 0 Å². The zero-order chi connectivity index (χ0) is 12.0. The van der Waals surface area contributed by atoms with Crippen molar-refractivity contribution in [2.75, 3.05) is 6.54 Å². The zero-order valence-electron chi connectivity index (χ0n) is 9.76. The molecule has 3 heteroatoms. The van der Waals surface area contributed by atoms with E-state index >= 15 is 0 Å². The van der Waals surface area contributed by atoms with Gasteiger partial charge in [-0.2, -0.15) is 0 Å². The summed E-state index contributed by atoms with van der Waals surface area (Å²) in [5, 5.41) is 0. The monoisotopic (exact) mass is 237 g/mol. The van der Waals surface area contributed by atoms with Crippen molar-refractivity contribution >= 4 is 0 Å². The molecular weight excluding hydrogens is 220 g/mol. The van der Waals surface area contributed by atoms with Crippen molar-refractivity contribution in [3.05, 3.63) is 35.4 Å². The number of halogens is 2. The maximum absolute atomic E-state index is 13.1. The highest BCUT2D eigenvalue weighted by Gasteiger charge is 2.52. The normalized spacial score (nSPS) is 34.8. The molecule has 0 radical (unpaired) electrons. The molecule has 2 aliphatic carbocycles. The van der Waals surface area contributed by atoms with E-state index in [1.807, 2.05) is 0 Å².